The van der Waals surface area contributed by atoms with Gasteiger partial charge in [0, 0.05) is 5.56 Å². The molecule has 0 fully saturated rings. The first kappa shape index (κ1) is 7.12. The van der Waals surface area contributed by atoms with Crippen molar-refractivity contribution in [1.29, 1.82) is 0 Å². The van der Waals surface area contributed by atoms with Gasteiger partial charge in [0.2, 0.25) is 0 Å². The molecule has 1 aliphatic heterocycles. The zero-order chi connectivity index (χ0) is 8.55. The molecule has 4 nitrogen and oxygen atoms in total. The molecule has 0 spiro atoms. The van der Waals surface area contributed by atoms with Crippen molar-refractivity contribution in [2.45, 2.75) is 6.61 Å². The van der Waals surface area contributed by atoms with E-state index in [2.05, 4.69) is 4.89 Å². The van der Waals surface area contributed by atoms with Crippen LogP contribution >= 0.6 is 0 Å². The van der Waals surface area contributed by atoms with Gasteiger partial charge in [-0.05, 0) is 6.07 Å². The molecule has 0 bridgehead atoms. The Morgan fingerprint density at radius 2 is 2.33 bits per heavy atom. The van der Waals surface area contributed by atoms with Crippen LogP contribution < -0.4 is 4.89 Å². The van der Waals surface area contributed by atoms with Gasteiger partial charge in [-0.2, -0.15) is 4.89 Å². The number of benzene rings is 1. The molecule has 1 N–H and O–H groups in total. The average Bonchev–Trinajstić information content (AvgIpc) is 2.49. The molecule has 1 heterocycles. The second-order valence-electron chi connectivity index (χ2n) is 2.44. The van der Waals surface area contributed by atoms with Crippen molar-refractivity contribution < 1.29 is 19.7 Å². The van der Waals surface area contributed by atoms with E-state index in [0.717, 1.165) is 5.56 Å². The monoisotopic (exact) mass is 166 g/mol. The van der Waals surface area contributed by atoms with Crippen LogP contribution in [0, 0.1) is 0 Å². The summed E-state index contributed by atoms with van der Waals surface area (Å²) >= 11 is 0. The zero-order valence-corrected chi connectivity index (χ0v) is 6.11. The molecule has 4 heteroatoms. The summed E-state index contributed by atoms with van der Waals surface area (Å²) in [6.07, 6.45) is 0. The van der Waals surface area contributed by atoms with Crippen molar-refractivity contribution in [1.82, 2.24) is 0 Å². The molecular weight excluding hydrogens is 160 g/mol. The third-order valence-electron chi connectivity index (χ3n) is 1.68. The van der Waals surface area contributed by atoms with Gasteiger partial charge >= 0.3 is 5.97 Å². The lowest BCUT2D eigenvalue weighted by Gasteiger charge is -1.98. The summed E-state index contributed by atoms with van der Waals surface area (Å²) in [5, 5.41) is 8.71. The Bertz CT molecular complexity index is 332. The van der Waals surface area contributed by atoms with Gasteiger partial charge < -0.3 is 9.99 Å². The van der Waals surface area contributed by atoms with Crippen LogP contribution in [0.5, 0.6) is 5.75 Å². The van der Waals surface area contributed by atoms with Gasteiger partial charge in [-0.25, -0.2) is 4.79 Å². The van der Waals surface area contributed by atoms with Crippen molar-refractivity contribution in [2.75, 3.05) is 0 Å². The lowest BCUT2D eigenvalue weighted by Crippen LogP contribution is -1.98. The summed E-state index contributed by atoms with van der Waals surface area (Å²) in [6.45, 7) is 0.316. The van der Waals surface area contributed by atoms with E-state index < -0.39 is 5.97 Å². The molecule has 12 heavy (non-hydrogen) atoms. The fraction of sp³-hybridized carbons (Fsp3) is 0.125. The Morgan fingerprint density at radius 1 is 1.50 bits per heavy atom. The van der Waals surface area contributed by atoms with Crippen LogP contribution in [0.1, 0.15) is 15.9 Å². The highest BCUT2D eigenvalue weighted by atomic mass is 17.2. The molecule has 0 radical (unpaired) electrons. The Morgan fingerprint density at radius 3 is 3.08 bits per heavy atom. The predicted octanol–water partition coefficient (Wildman–Crippen LogP) is 1.21. The third kappa shape index (κ3) is 0.931. The fourth-order valence-corrected chi connectivity index (χ4v) is 1.12. The van der Waals surface area contributed by atoms with Crippen LogP contribution in [0.4, 0.5) is 0 Å². The number of carbonyl (C=O) groups is 1. The number of fused-ring (bicyclic) bond motifs is 1. The van der Waals surface area contributed by atoms with E-state index in [0.29, 0.717) is 12.4 Å². The minimum Gasteiger partial charge on any atom is -0.478 e. The Kier molecular flexibility index (Phi) is 1.48. The van der Waals surface area contributed by atoms with Crippen molar-refractivity contribution in [3.63, 3.8) is 0 Å². The van der Waals surface area contributed by atoms with Crippen LogP contribution in [-0.4, -0.2) is 11.1 Å². The third-order valence-corrected chi connectivity index (χ3v) is 1.68. The second kappa shape index (κ2) is 2.49. The maximum Gasteiger partial charge on any atom is 0.339 e. The van der Waals surface area contributed by atoms with Crippen LogP contribution in [0.3, 0.4) is 0 Å². The number of carboxylic acids is 1. The van der Waals surface area contributed by atoms with E-state index in [9.17, 15) is 4.79 Å². The summed E-state index contributed by atoms with van der Waals surface area (Å²) < 4.78 is 0. The van der Waals surface area contributed by atoms with E-state index >= 15 is 0 Å². The maximum absolute atomic E-state index is 10.6. The number of para-hydroxylation sites is 1. The molecule has 0 aliphatic carbocycles. The highest BCUT2D eigenvalue weighted by molar-refractivity contribution is 5.91. The topological polar surface area (TPSA) is 55.8 Å². The van der Waals surface area contributed by atoms with E-state index in [1.807, 2.05) is 0 Å². The number of rotatable bonds is 1. The molecule has 62 valence electrons. The molecule has 0 amide bonds. The van der Waals surface area contributed by atoms with Crippen LogP contribution in [-0.2, 0) is 11.5 Å². The molecule has 1 aromatic carbocycles. The number of aromatic carboxylic acids is 1. The summed E-state index contributed by atoms with van der Waals surface area (Å²) in [7, 11) is 0. The smallest absolute Gasteiger partial charge is 0.339 e. The minimum atomic E-state index is -1.00. The summed E-state index contributed by atoms with van der Waals surface area (Å²) in [5.41, 5.74) is 0.917. The van der Waals surface area contributed by atoms with Crippen LogP contribution in [0.15, 0.2) is 18.2 Å². The molecule has 0 saturated heterocycles. The number of hydrogen-bond acceptors (Lipinski definition) is 3. The Labute approximate surface area is 68.3 Å². The highest BCUT2D eigenvalue weighted by Crippen LogP contribution is 2.29. The average molecular weight is 166 g/mol. The first-order valence-corrected chi connectivity index (χ1v) is 3.43. The predicted molar refractivity (Wildman–Crippen MR) is 38.8 cm³/mol. The zero-order valence-electron chi connectivity index (χ0n) is 6.11. The Hall–Kier alpha value is -1.55. The molecule has 0 saturated carbocycles. The SMILES string of the molecule is O=C(O)c1cccc2c1OOC2. The number of hydrogen-bond donors (Lipinski definition) is 1. The van der Waals surface area contributed by atoms with E-state index in [4.69, 9.17) is 9.99 Å². The molecule has 0 atom stereocenters. The van der Waals surface area contributed by atoms with Gasteiger partial charge in [0.05, 0.1) is 0 Å². The fourth-order valence-electron chi connectivity index (χ4n) is 1.12. The van der Waals surface area contributed by atoms with Gasteiger partial charge in [-0.15, -0.1) is 0 Å². The highest BCUT2D eigenvalue weighted by Gasteiger charge is 2.21. The van der Waals surface area contributed by atoms with Gasteiger partial charge in [-0.1, -0.05) is 12.1 Å². The normalized spacial score (nSPS) is 13.7. The maximum atomic E-state index is 10.6. The van der Waals surface area contributed by atoms with E-state index in [-0.39, 0.29) is 5.56 Å². The molecule has 1 aromatic rings. The van der Waals surface area contributed by atoms with E-state index in [1.54, 1.807) is 12.1 Å². The first-order chi connectivity index (χ1) is 5.79. The lowest BCUT2D eigenvalue weighted by atomic mass is 10.1. The van der Waals surface area contributed by atoms with Crippen molar-refractivity contribution in [3.8, 4) is 5.75 Å². The lowest BCUT2D eigenvalue weighted by molar-refractivity contribution is -0.194. The summed E-state index contributed by atoms with van der Waals surface area (Å²) in [5.74, 6) is -0.678. The molecule has 0 aromatic heterocycles. The first-order valence-electron chi connectivity index (χ1n) is 3.43. The largest absolute Gasteiger partial charge is 0.478 e. The van der Waals surface area contributed by atoms with Gasteiger partial charge in [0.25, 0.3) is 0 Å². The van der Waals surface area contributed by atoms with E-state index in [1.165, 1.54) is 6.07 Å². The number of carboxylic acid groups (broad SMARTS) is 1. The standard InChI is InChI=1S/C8H6O4/c9-8(10)6-3-1-2-5-4-11-12-7(5)6/h1-3H,4H2,(H,9,10). The minimum absolute atomic E-state index is 0.144. The van der Waals surface area contributed by atoms with Gasteiger partial charge in [0.1, 0.15) is 12.2 Å². The Balaban J connectivity index is 2.56. The van der Waals surface area contributed by atoms with Gasteiger partial charge in [-0.3, -0.25) is 0 Å². The molecule has 1 aliphatic rings. The van der Waals surface area contributed by atoms with Gasteiger partial charge in [0.15, 0.2) is 5.75 Å². The summed E-state index contributed by atoms with van der Waals surface area (Å²) in [4.78, 5) is 20.0. The van der Waals surface area contributed by atoms with Crippen LogP contribution in [0.2, 0.25) is 0 Å². The van der Waals surface area contributed by atoms with Crippen LogP contribution in [0.25, 0.3) is 0 Å². The van der Waals surface area contributed by atoms with Crippen molar-refractivity contribution in [2.24, 2.45) is 0 Å². The quantitative estimate of drug-likeness (QED) is 0.637. The molecule has 0 unspecified atom stereocenters. The van der Waals surface area contributed by atoms with Crippen molar-refractivity contribution >= 4 is 5.97 Å². The van der Waals surface area contributed by atoms with Crippen molar-refractivity contribution in [3.05, 3.63) is 29.3 Å². The molecule has 2 rings (SSSR count). The molecular formula is C8H6O4. The summed E-state index contributed by atoms with van der Waals surface area (Å²) in [6, 6.07) is 4.92. The second-order valence-corrected chi connectivity index (χ2v) is 2.44.